The molecule has 5 heteroatoms. The van der Waals surface area contributed by atoms with Crippen molar-refractivity contribution < 1.29 is 8.78 Å². The van der Waals surface area contributed by atoms with E-state index in [1.165, 1.54) is 6.07 Å². The van der Waals surface area contributed by atoms with E-state index in [-0.39, 0.29) is 11.4 Å². The number of nitrogen functional groups attached to an aromatic ring is 1. The lowest BCUT2D eigenvalue weighted by molar-refractivity contribution is 0.511. The van der Waals surface area contributed by atoms with Gasteiger partial charge in [0, 0.05) is 11.6 Å². The largest absolute Gasteiger partial charge is 0.397 e. The molecule has 0 heterocycles. The molecule has 0 unspecified atom stereocenters. The van der Waals surface area contributed by atoms with Gasteiger partial charge in [0.2, 0.25) is 0 Å². The molecule has 3 N–H and O–H groups in total. The Morgan fingerprint density at radius 3 is 2.39 bits per heavy atom. The summed E-state index contributed by atoms with van der Waals surface area (Å²) in [6.07, 6.45) is 0. The van der Waals surface area contributed by atoms with E-state index in [1.54, 1.807) is 24.3 Å². The Morgan fingerprint density at radius 2 is 1.72 bits per heavy atom. The van der Waals surface area contributed by atoms with Gasteiger partial charge in [0.1, 0.15) is 0 Å². The fourth-order valence-corrected chi connectivity index (χ4v) is 1.66. The van der Waals surface area contributed by atoms with Crippen molar-refractivity contribution >= 4 is 23.0 Å². The van der Waals surface area contributed by atoms with E-state index in [1.807, 2.05) is 0 Å². The quantitative estimate of drug-likeness (QED) is 0.831. The summed E-state index contributed by atoms with van der Waals surface area (Å²) in [5.74, 6) is -1.90. The fourth-order valence-electron chi connectivity index (χ4n) is 1.54. The van der Waals surface area contributed by atoms with Crippen LogP contribution in [-0.4, -0.2) is 0 Å². The highest BCUT2D eigenvalue weighted by molar-refractivity contribution is 6.30. The lowest BCUT2D eigenvalue weighted by Crippen LogP contribution is -2.06. The molecule has 0 atom stereocenters. The predicted molar refractivity (Wildman–Crippen MR) is 69.5 cm³/mol. The topological polar surface area (TPSA) is 38.0 Å². The Hall–Kier alpha value is -1.81. The van der Waals surface area contributed by atoms with Gasteiger partial charge >= 0.3 is 0 Å². The summed E-state index contributed by atoms with van der Waals surface area (Å²) in [7, 11) is 0. The molecule has 2 rings (SSSR count). The maximum Gasteiger partial charge on any atom is 0.183 e. The number of anilines is 2. The summed E-state index contributed by atoms with van der Waals surface area (Å²) < 4.78 is 26.5. The number of benzene rings is 2. The van der Waals surface area contributed by atoms with E-state index in [9.17, 15) is 8.78 Å². The highest BCUT2D eigenvalue weighted by Crippen LogP contribution is 2.25. The van der Waals surface area contributed by atoms with Gasteiger partial charge in [-0.2, -0.15) is 0 Å². The van der Waals surface area contributed by atoms with E-state index < -0.39 is 11.6 Å². The van der Waals surface area contributed by atoms with Crippen LogP contribution in [-0.2, 0) is 6.54 Å². The maximum absolute atomic E-state index is 13.5. The second kappa shape index (κ2) is 5.23. The number of hydrogen-bond acceptors (Lipinski definition) is 2. The van der Waals surface area contributed by atoms with Crippen LogP contribution in [0.25, 0.3) is 0 Å². The van der Waals surface area contributed by atoms with Gasteiger partial charge in [0.05, 0.1) is 11.4 Å². The number of hydrogen-bond donors (Lipinski definition) is 2. The van der Waals surface area contributed by atoms with Gasteiger partial charge in [0.25, 0.3) is 0 Å². The van der Waals surface area contributed by atoms with E-state index in [2.05, 4.69) is 5.32 Å². The lowest BCUT2D eigenvalue weighted by atomic mass is 10.2. The minimum absolute atomic E-state index is 0.0232. The predicted octanol–water partition coefficient (Wildman–Crippen LogP) is 3.81. The van der Waals surface area contributed by atoms with Crippen LogP contribution in [0.3, 0.4) is 0 Å². The molecule has 0 saturated heterocycles. The SMILES string of the molecule is Nc1ccc(F)c(F)c1NCc1ccc(Cl)cc1. The van der Waals surface area contributed by atoms with Gasteiger partial charge in [-0.25, -0.2) is 8.78 Å². The van der Waals surface area contributed by atoms with Gasteiger partial charge in [-0.1, -0.05) is 23.7 Å². The van der Waals surface area contributed by atoms with Gasteiger partial charge in [-0.3, -0.25) is 0 Å². The van der Waals surface area contributed by atoms with Crippen molar-refractivity contribution in [1.82, 2.24) is 0 Å². The summed E-state index contributed by atoms with van der Waals surface area (Å²) >= 11 is 5.75. The van der Waals surface area contributed by atoms with Crippen molar-refractivity contribution in [2.75, 3.05) is 11.1 Å². The molecule has 2 aromatic rings. The maximum atomic E-state index is 13.5. The van der Waals surface area contributed by atoms with Gasteiger partial charge in [0.15, 0.2) is 11.6 Å². The third-order valence-corrected chi connectivity index (χ3v) is 2.76. The average molecular weight is 269 g/mol. The van der Waals surface area contributed by atoms with Crippen molar-refractivity contribution in [3.8, 4) is 0 Å². The van der Waals surface area contributed by atoms with Gasteiger partial charge in [-0.15, -0.1) is 0 Å². The van der Waals surface area contributed by atoms with E-state index in [0.717, 1.165) is 11.6 Å². The van der Waals surface area contributed by atoms with E-state index in [4.69, 9.17) is 17.3 Å². The van der Waals surface area contributed by atoms with Crippen LogP contribution in [0, 0.1) is 11.6 Å². The molecule has 2 nitrogen and oxygen atoms in total. The number of rotatable bonds is 3. The molecule has 0 aliphatic carbocycles. The summed E-state index contributed by atoms with van der Waals surface area (Å²) in [6.45, 7) is 0.335. The first-order valence-electron chi connectivity index (χ1n) is 5.29. The number of nitrogens with one attached hydrogen (secondary N) is 1. The molecule has 0 aliphatic rings. The first-order chi connectivity index (χ1) is 8.58. The molecule has 2 aromatic carbocycles. The number of halogens is 3. The standard InChI is InChI=1S/C13H11ClF2N2/c14-9-3-1-8(2-4-9)7-18-13-11(17)6-5-10(15)12(13)16/h1-6,18H,7,17H2. The average Bonchev–Trinajstić information content (AvgIpc) is 2.36. The van der Waals surface area contributed by atoms with Crippen molar-refractivity contribution in [1.29, 1.82) is 0 Å². The smallest absolute Gasteiger partial charge is 0.183 e. The lowest BCUT2D eigenvalue weighted by Gasteiger charge is -2.11. The van der Waals surface area contributed by atoms with Crippen LogP contribution in [0.4, 0.5) is 20.2 Å². The summed E-state index contributed by atoms with van der Waals surface area (Å²) in [5.41, 5.74) is 6.63. The minimum Gasteiger partial charge on any atom is -0.397 e. The number of nitrogens with two attached hydrogens (primary N) is 1. The van der Waals surface area contributed by atoms with Gasteiger partial charge in [-0.05, 0) is 29.8 Å². The van der Waals surface area contributed by atoms with Crippen LogP contribution in [0.1, 0.15) is 5.56 Å². The summed E-state index contributed by atoms with van der Waals surface area (Å²) in [4.78, 5) is 0. The Morgan fingerprint density at radius 1 is 1.06 bits per heavy atom. The minimum atomic E-state index is -0.969. The molecular weight excluding hydrogens is 258 g/mol. The summed E-state index contributed by atoms with van der Waals surface area (Å²) in [6, 6.07) is 9.36. The Labute approximate surface area is 108 Å². The molecule has 0 bridgehead atoms. The van der Waals surface area contributed by atoms with E-state index >= 15 is 0 Å². The van der Waals surface area contributed by atoms with Gasteiger partial charge < -0.3 is 11.1 Å². The van der Waals surface area contributed by atoms with Crippen LogP contribution in [0.5, 0.6) is 0 Å². The zero-order chi connectivity index (χ0) is 13.1. The first-order valence-corrected chi connectivity index (χ1v) is 5.67. The Bertz CT molecular complexity index is 556. The molecule has 0 fully saturated rings. The monoisotopic (exact) mass is 268 g/mol. The molecule has 0 amide bonds. The molecule has 0 saturated carbocycles. The molecule has 0 aromatic heterocycles. The Balaban J connectivity index is 2.15. The van der Waals surface area contributed by atoms with E-state index in [0.29, 0.717) is 11.6 Å². The molecule has 0 spiro atoms. The van der Waals surface area contributed by atoms with Crippen molar-refractivity contribution in [3.05, 3.63) is 58.6 Å². The molecule has 0 aliphatic heterocycles. The van der Waals surface area contributed by atoms with Crippen molar-refractivity contribution in [2.24, 2.45) is 0 Å². The second-order valence-electron chi connectivity index (χ2n) is 3.81. The molecular formula is C13H11ClF2N2. The molecule has 94 valence electrons. The fraction of sp³-hybridized carbons (Fsp3) is 0.0769. The Kier molecular flexibility index (Phi) is 3.67. The first kappa shape index (κ1) is 12.6. The zero-order valence-electron chi connectivity index (χ0n) is 9.38. The summed E-state index contributed by atoms with van der Waals surface area (Å²) in [5, 5.41) is 3.40. The third kappa shape index (κ3) is 2.71. The highest BCUT2D eigenvalue weighted by Gasteiger charge is 2.11. The molecule has 0 radical (unpaired) electrons. The molecule has 18 heavy (non-hydrogen) atoms. The second-order valence-corrected chi connectivity index (χ2v) is 4.24. The van der Waals surface area contributed by atoms with Crippen LogP contribution < -0.4 is 11.1 Å². The van der Waals surface area contributed by atoms with Crippen molar-refractivity contribution in [2.45, 2.75) is 6.54 Å². The van der Waals surface area contributed by atoms with Crippen LogP contribution >= 0.6 is 11.6 Å². The zero-order valence-corrected chi connectivity index (χ0v) is 10.1. The van der Waals surface area contributed by atoms with Crippen LogP contribution in [0.15, 0.2) is 36.4 Å². The van der Waals surface area contributed by atoms with Crippen LogP contribution in [0.2, 0.25) is 5.02 Å². The normalized spacial score (nSPS) is 10.4. The highest BCUT2D eigenvalue weighted by atomic mass is 35.5. The van der Waals surface area contributed by atoms with Crippen molar-refractivity contribution in [3.63, 3.8) is 0 Å². The third-order valence-electron chi connectivity index (χ3n) is 2.51.